The van der Waals surface area contributed by atoms with E-state index >= 15 is 0 Å². The Morgan fingerprint density at radius 3 is 2.56 bits per heavy atom. The Labute approximate surface area is 189 Å². The van der Waals surface area contributed by atoms with Gasteiger partial charge in [0.05, 0.1) is 23.7 Å². The molecular weight excluding hydrogens is 398 g/mol. The average molecular weight is 428 g/mol. The number of imidazole rings is 1. The molecule has 32 heavy (non-hydrogen) atoms. The number of nitrogens with one attached hydrogen (secondary N) is 1. The lowest BCUT2D eigenvalue weighted by molar-refractivity contribution is 0.0937. The number of rotatable bonds is 8. The minimum Gasteiger partial charge on any atom is -0.494 e. The smallest absolute Gasteiger partial charge is 0.251 e. The molecule has 0 fully saturated rings. The number of fused-ring (bicyclic) bond motifs is 1. The third kappa shape index (κ3) is 4.99. The molecule has 0 aliphatic heterocycles. The number of aromatic nitrogens is 2. The van der Waals surface area contributed by atoms with Gasteiger partial charge in [-0.1, -0.05) is 42.0 Å². The van der Waals surface area contributed by atoms with E-state index < -0.39 is 0 Å². The molecule has 0 radical (unpaired) electrons. The number of aryl methyl sites for hydroxylation is 3. The lowest BCUT2D eigenvalue weighted by Gasteiger charge is -2.17. The van der Waals surface area contributed by atoms with Gasteiger partial charge in [0.15, 0.2) is 0 Å². The predicted molar refractivity (Wildman–Crippen MR) is 128 cm³/mol. The molecule has 4 rings (SSSR count). The molecule has 0 aliphatic carbocycles. The number of ether oxygens (including phenoxy) is 1. The Kier molecular flexibility index (Phi) is 6.55. The molecule has 0 spiro atoms. The van der Waals surface area contributed by atoms with E-state index in [4.69, 9.17) is 9.72 Å². The van der Waals surface area contributed by atoms with Gasteiger partial charge in [0.1, 0.15) is 11.6 Å². The molecule has 0 saturated heterocycles. The van der Waals surface area contributed by atoms with Gasteiger partial charge in [0.2, 0.25) is 0 Å². The van der Waals surface area contributed by atoms with Crippen LogP contribution in [0.15, 0.2) is 72.8 Å². The van der Waals surface area contributed by atoms with Gasteiger partial charge in [-0.25, -0.2) is 4.98 Å². The minimum atomic E-state index is -0.228. The van der Waals surface area contributed by atoms with Crippen molar-refractivity contribution in [3.63, 3.8) is 0 Å². The van der Waals surface area contributed by atoms with Crippen LogP contribution in [0.5, 0.6) is 5.75 Å². The fourth-order valence-electron chi connectivity index (χ4n) is 3.83. The first kappa shape index (κ1) is 21.6. The first-order valence-electron chi connectivity index (χ1n) is 11.0. The number of hydrogen-bond acceptors (Lipinski definition) is 3. The summed E-state index contributed by atoms with van der Waals surface area (Å²) in [5.74, 6) is 1.64. The van der Waals surface area contributed by atoms with E-state index in [1.807, 2.05) is 74.5 Å². The molecule has 0 aliphatic rings. The van der Waals surface area contributed by atoms with Crippen LogP contribution in [0.25, 0.3) is 11.0 Å². The third-order valence-electron chi connectivity index (χ3n) is 5.52. The highest BCUT2D eigenvalue weighted by molar-refractivity contribution is 5.94. The van der Waals surface area contributed by atoms with Crippen molar-refractivity contribution in [1.82, 2.24) is 14.9 Å². The molecule has 164 valence electrons. The zero-order valence-electron chi connectivity index (χ0n) is 18.8. The number of benzene rings is 3. The molecule has 3 aromatic carbocycles. The fraction of sp³-hybridized carbons (Fsp3) is 0.259. The van der Waals surface area contributed by atoms with Crippen LogP contribution >= 0.6 is 0 Å². The molecule has 1 heterocycles. The number of nitrogens with zero attached hydrogens (tertiary/aromatic N) is 2. The van der Waals surface area contributed by atoms with E-state index in [1.165, 1.54) is 5.56 Å². The highest BCUT2D eigenvalue weighted by atomic mass is 16.5. The fourth-order valence-corrected chi connectivity index (χ4v) is 3.83. The lowest BCUT2D eigenvalue weighted by Crippen LogP contribution is -2.28. The maximum absolute atomic E-state index is 12.7. The summed E-state index contributed by atoms with van der Waals surface area (Å²) in [5.41, 5.74) is 4.96. The molecule has 1 unspecified atom stereocenters. The van der Waals surface area contributed by atoms with E-state index in [0.29, 0.717) is 12.2 Å². The second-order valence-electron chi connectivity index (χ2n) is 8.19. The SMILES string of the molecule is Cc1ccc(C(=O)NC(C)c2nc3ccccc3n2CCCOc2cccc(C)c2)cc1. The number of carbonyl (C=O) groups excluding carboxylic acids is 1. The predicted octanol–water partition coefficient (Wildman–Crippen LogP) is 5.61. The van der Waals surface area contributed by atoms with Gasteiger partial charge < -0.3 is 14.6 Å². The van der Waals surface area contributed by atoms with Gasteiger partial charge >= 0.3 is 0 Å². The maximum Gasteiger partial charge on any atom is 0.251 e. The van der Waals surface area contributed by atoms with E-state index in [9.17, 15) is 4.79 Å². The quantitative estimate of drug-likeness (QED) is 0.372. The summed E-state index contributed by atoms with van der Waals surface area (Å²) in [6, 6.07) is 23.5. The summed E-state index contributed by atoms with van der Waals surface area (Å²) in [6.07, 6.45) is 0.833. The average Bonchev–Trinajstić information content (AvgIpc) is 3.16. The topological polar surface area (TPSA) is 56.2 Å². The number of amides is 1. The van der Waals surface area contributed by atoms with Crippen LogP contribution < -0.4 is 10.1 Å². The van der Waals surface area contributed by atoms with E-state index in [2.05, 4.69) is 28.9 Å². The normalized spacial score (nSPS) is 12.0. The summed E-state index contributed by atoms with van der Waals surface area (Å²) in [6.45, 7) is 7.41. The van der Waals surface area contributed by atoms with Crippen molar-refractivity contribution in [2.75, 3.05) is 6.61 Å². The molecule has 0 bridgehead atoms. The lowest BCUT2D eigenvalue weighted by atomic mass is 10.1. The largest absolute Gasteiger partial charge is 0.494 e. The zero-order valence-corrected chi connectivity index (χ0v) is 18.8. The van der Waals surface area contributed by atoms with Crippen LogP contribution in [-0.2, 0) is 6.54 Å². The van der Waals surface area contributed by atoms with Gasteiger partial charge in [-0.2, -0.15) is 0 Å². The molecule has 1 N–H and O–H groups in total. The van der Waals surface area contributed by atoms with E-state index in [0.717, 1.165) is 41.1 Å². The molecule has 1 atom stereocenters. The zero-order chi connectivity index (χ0) is 22.5. The summed E-state index contributed by atoms with van der Waals surface area (Å²) in [5, 5.41) is 3.10. The van der Waals surface area contributed by atoms with Crippen molar-refractivity contribution < 1.29 is 9.53 Å². The highest BCUT2D eigenvalue weighted by Crippen LogP contribution is 2.22. The summed E-state index contributed by atoms with van der Waals surface area (Å²) >= 11 is 0. The van der Waals surface area contributed by atoms with Crippen LogP contribution in [0.4, 0.5) is 0 Å². The molecule has 5 nitrogen and oxygen atoms in total. The van der Waals surface area contributed by atoms with Gasteiger partial charge in [-0.3, -0.25) is 4.79 Å². The first-order valence-corrected chi connectivity index (χ1v) is 11.0. The van der Waals surface area contributed by atoms with Crippen molar-refractivity contribution in [2.24, 2.45) is 0 Å². The molecule has 1 aromatic heterocycles. The summed E-state index contributed by atoms with van der Waals surface area (Å²) < 4.78 is 8.12. The van der Waals surface area contributed by atoms with Crippen LogP contribution in [0.1, 0.15) is 46.7 Å². The summed E-state index contributed by atoms with van der Waals surface area (Å²) in [4.78, 5) is 17.6. The standard InChI is InChI=1S/C27H29N3O2/c1-19-12-14-22(15-13-19)27(31)28-21(3)26-29-24-10-4-5-11-25(24)30(26)16-7-17-32-23-9-6-8-20(2)18-23/h4-6,8-15,18,21H,7,16-17H2,1-3H3,(H,28,31). The van der Waals surface area contributed by atoms with Crippen LogP contribution in [0, 0.1) is 13.8 Å². The molecule has 1 amide bonds. The molecule has 5 heteroatoms. The third-order valence-corrected chi connectivity index (χ3v) is 5.52. The highest BCUT2D eigenvalue weighted by Gasteiger charge is 2.19. The van der Waals surface area contributed by atoms with E-state index in [-0.39, 0.29) is 11.9 Å². The second kappa shape index (κ2) is 9.69. The van der Waals surface area contributed by atoms with Crippen molar-refractivity contribution in [3.05, 3.63) is 95.3 Å². The Morgan fingerprint density at radius 2 is 1.78 bits per heavy atom. The number of hydrogen-bond donors (Lipinski definition) is 1. The summed E-state index contributed by atoms with van der Waals surface area (Å²) in [7, 11) is 0. The monoisotopic (exact) mass is 427 g/mol. The Bertz CT molecular complexity index is 1210. The van der Waals surface area contributed by atoms with Gasteiger partial charge in [0, 0.05) is 12.1 Å². The number of para-hydroxylation sites is 2. The van der Waals surface area contributed by atoms with Crippen molar-refractivity contribution >= 4 is 16.9 Å². The van der Waals surface area contributed by atoms with Gasteiger partial charge in [-0.15, -0.1) is 0 Å². The molecular formula is C27H29N3O2. The Hall–Kier alpha value is -3.60. The van der Waals surface area contributed by atoms with Crippen molar-refractivity contribution in [3.8, 4) is 5.75 Å². The van der Waals surface area contributed by atoms with Crippen molar-refractivity contribution in [2.45, 2.75) is 39.8 Å². The Morgan fingerprint density at radius 1 is 1.00 bits per heavy atom. The second-order valence-corrected chi connectivity index (χ2v) is 8.19. The van der Waals surface area contributed by atoms with Gasteiger partial charge in [0.25, 0.3) is 5.91 Å². The Balaban J connectivity index is 1.48. The van der Waals surface area contributed by atoms with Crippen LogP contribution in [0.2, 0.25) is 0 Å². The molecule has 0 saturated carbocycles. The van der Waals surface area contributed by atoms with E-state index in [1.54, 1.807) is 0 Å². The van der Waals surface area contributed by atoms with Gasteiger partial charge in [-0.05, 0) is 69.2 Å². The van der Waals surface area contributed by atoms with Crippen LogP contribution in [0.3, 0.4) is 0 Å². The maximum atomic E-state index is 12.7. The first-order chi connectivity index (χ1) is 15.5. The van der Waals surface area contributed by atoms with Crippen molar-refractivity contribution in [1.29, 1.82) is 0 Å². The van der Waals surface area contributed by atoms with Crippen LogP contribution in [-0.4, -0.2) is 22.1 Å². The minimum absolute atomic E-state index is 0.0983. The number of carbonyl (C=O) groups is 1. The molecule has 4 aromatic rings.